The van der Waals surface area contributed by atoms with Gasteiger partial charge in [0.2, 0.25) is 0 Å². The van der Waals surface area contributed by atoms with Crippen molar-refractivity contribution in [2.24, 2.45) is 0 Å². The topological polar surface area (TPSA) is 82.3 Å². The van der Waals surface area contributed by atoms with Crippen LogP contribution in [0.3, 0.4) is 0 Å². The quantitative estimate of drug-likeness (QED) is 0.672. The third-order valence-corrected chi connectivity index (χ3v) is 4.46. The van der Waals surface area contributed by atoms with Crippen molar-refractivity contribution in [3.05, 3.63) is 60.7 Å². The number of amides is 4. The molecule has 4 N–H and O–H groups in total. The van der Waals surface area contributed by atoms with Gasteiger partial charge in [-0.3, -0.25) is 0 Å². The summed E-state index contributed by atoms with van der Waals surface area (Å²) in [5.41, 5.74) is 1.55. The van der Waals surface area contributed by atoms with Gasteiger partial charge < -0.3 is 21.3 Å². The zero-order valence-corrected chi connectivity index (χ0v) is 14.6. The minimum Gasteiger partial charge on any atom is -0.335 e. The predicted octanol–water partition coefficient (Wildman–Crippen LogP) is 3.94. The van der Waals surface area contributed by atoms with E-state index in [0.29, 0.717) is 0 Å². The maximum atomic E-state index is 12.0. The Morgan fingerprint density at radius 1 is 0.615 bits per heavy atom. The number of urea groups is 2. The minimum absolute atomic E-state index is 0.133. The smallest absolute Gasteiger partial charge is 0.319 e. The second kappa shape index (κ2) is 8.89. The van der Waals surface area contributed by atoms with Gasteiger partial charge >= 0.3 is 12.1 Å². The van der Waals surface area contributed by atoms with Crippen LogP contribution < -0.4 is 21.3 Å². The molecule has 1 saturated carbocycles. The van der Waals surface area contributed by atoms with Crippen LogP contribution in [0.25, 0.3) is 0 Å². The van der Waals surface area contributed by atoms with Gasteiger partial charge in [-0.05, 0) is 49.9 Å². The van der Waals surface area contributed by atoms with Crippen molar-refractivity contribution in [1.29, 1.82) is 0 Å². The van der Waals surface area contributed by atoms with Crippen LogP contribution in [0.1, 0.15) is 25.7 Å². The number of hydrogen-bond acceptors (Lipinski definition) is 2. The van der Waals surface area contributed by atoms with Gasteiger partial charge in [0.15, 0.2) is 0 Å². The second-order valence-corrected chi connectivity index (χ2v) is 6.48. The van der Waals surface area contributed by atoms with Crippen molar-refractivity contribution in [2.45, 2.75) is 37.8 Å². The molecule has 6 nitrogen and oxygen atoms in total. The number of carbonyl (C=O) groups excluding carboxylic acids is 2. The first kappa shape index (κ1) is 17.8. The molecule has 0 aromatic heterocycles. The van der Waals surface area contributed by atoms with Gasteiger partial charge in [-0.25, -0.2) is 9.59 Å². The highest BCUT2D eigenvalue weighted by molar-refractivity contribution is 5.90. The van der Waals surface area contributed by atoms with Crippen molar-refractivity contribution < 1.29 is 9.59 Å². The summed E-state index contributed by atoms with van der Waals surface area (Å²) in [4.78, 5) is 24.1. The summed E-state index contributed by atoms with van der Waals surface area (Å²) in [5.74, 6) is 0. The van der Waals surface area contributed by atoms with Crippen LogP contribution in [0.2, 0.25) is 0 Å². The summed E-state index contributed by atoms with van der Waals surface area (Å²) in [6.07, 6.45) is 3.38. The van der Waals surface area contributed by atoms with E-state index in [2.05, 4.69) is 21.3 Å². The Labute approximate surface area is 153 Å². The standard InChI is InChI=1S/C20H24N4O2/c25-19(21-15-7-3-1-4-8-15)23-17-11-13-18(14-12-17)24-20(26)22-16-9-5-2-6-10-16/h1-10,17-18H,11-14H2,(H2,21,23,25)(H2,22,24,26). The highest BCUT2D eigenvalue weighted by Crippen LogP contribution is 2.19. The molecule has 0 radical (unpaired) electrons. The molecule has 3 rings (SSSR count). The van der Waals surface area contributed by atoms with Crippen LogP contribution in [0, 0.1) is 0 Å². The number of para-hydroxylation sites is 2. The lowest BCUT2D eigenvalue weighted by Gasteiger charge is -2.29. The molecule has 2 aromatic rings. The van der Waals surface area contributed by atoms with Gasteiger partial charge in [-0.15, -0.1) is 0 Å². The summed E-state index contributed by atoms with van der Waals surface area (Å²) in [5, 5.41) is 11.7. The molecule has 0 spiro atoms. The summed E-state index contributed by atoms with van der Waals surface area (Å²) >= 11 is 0. The van der Waals surface area contributed by atoms with Crippen molar-refractivity contribution in [3.8, 4) is 0 Å². The summed E-state index contributed by atoms with van der Waals surface area (Å²) in [7, 11) is 0. The fourth-order valence-corrected chi connectivity index (χ4v) is 3.13. The van der Waals surface area contributed by atoms with Crippen LogP contribution >= 0.6 is 0 Å². The first-order valence-corrected chi connectivity index (χ1v) is 8.94. The zero-order valence-electron chi connectivity index (χ0n) is 14.6. The van der Waals surface area contributed by atoms with E-state index in [1.54, 1.807) is 0 Å². The lowest BCUT2D eigenvalue weighted by molar-refractivity contribution is 0.233. The summed E-state index contributed by atoms with van der Waals surface area (Å²) in [6, 6.07) is 18.7. The Hall–Kier alpha value is -3.02. The van der Waals surface area contributed by atoms with E-state index in [-0.39, 0.29) is 24.1 Å². The largest absolute Gasteiger partial charge is 0.335 e. The summed E-state index contributed by atoms with van der Waals surface area (Å²) in [6.45, 7) is 0. The first-order valence-electron chi connectivity index (χ1n) is 8.94. The van der Waals surface area contributed by atoms with E-state index in [1.807, 2.05) is 60.7 Å². The zero-order chi connectivity index (χ0) is 18.2. The van der Waals surface area contributed by atoms with Crippen LogP contribution in [0.4, 0.5) is 21.0 Å². The average Bonchev–Trinajstić information content (AvgIpc) is 2.65. The molecule has 1 aliphatic rings. The molecule has 26 heavy (non-hydrogen) atoms. The third-order valence-electron chi connectivity index (χ3n) is 4.46. The highest BCUT2D eigenvalue weighted by Gasteiger charge is 2.23. The third kappa shape index (κ3) is 5.51. The summed E-state index contributed by atoms with van der Waals surface area (Å²) < 4.78 is 0. The Balaban J connectivity index is 1.37. The van der Waals surface area contributed by atoms with Crippen molar-refractivity contribution >= 4 is 23.4 Å². The normalized spacial score (nSPS) is 19.2. The number of carbonyl (C=O) groups is 2. The second-order valence-electron chi connectivity index (χ2n) is 6.48. The number of nitrogens with one attached hydrogen (secondary N) is 4. The van der Waals surface area contributed by atoms with Gasteiger partial charge in [0.25, 0.3) is 0 Å². The van der Waals surface area contributed by atoms with Crippen LogP contribution in [-0.4, -0.2) is 24.1 Å². The number of rotatable bonds is 4. The number of hydrogen-bond donors (Lipinski definition) is 4. The molecular weight excluding hydrogens is 328 g/mol. The fourth-order valence-electron chi connectivity index (χ4n) is 3.13. The molecule has 0 aliphatic heterocycles. The van der Waals surface area contributed by atoms with Gasteiger partial charge in [-0.2, -0.15) is 0 Å². The minimum atomic E-state index is -0.186. The lowest BCUT2D eigenvalue weighted by atomic mass is 9.91. The van der Waals surface area contributed by atoms with Gasteiger partial charge in [0.1, 0.15) is 0 Å². The molecule has 6 heteroatoms. The molecular formula is C20H24N4O2. The molecule has 0 saturated heterocycles. The van der Waals surface area contributed by atoms with E-state index >= 15 is 0 Å². The molecule has 1 aliphatic carbocycles. The van der Waals surface area contributed by atoms with E-state index in [4.69, 9.17) is 0 Å². The molecule has 136 valence electrons. The highest BCUT2D eigenvalue weighted by atomic mass is 16.2. The predicted molar refractivity (Wildman–Crippen MR) is 103 cm³/mol. The van der Waals surface area contributed by atoms with E-state index in [1.165, 1.54) is 0 Å². The maximum Gasteiger partial charge on any atom is 0.319 e. The fraction of sp³-hybridized carbons (Fsp3) is 0.300. The number of benzene rings is 2. The first-order chi connectivity index (χ1) is 12.7. The SMILES string of the molecule is O=C(Nc1ccccc1)NC1CCC(NC(=O)Nc2ccccc2)CC1. The molecule has 2 aromatic carbocycles. The van der Waals surface area contributed by atoms with E-state index in [9.17, 15) is 9.59 Å². The van der Waals surface area contributed by atoms with Gasteiger partial charge in [0, 0.05) is 23.5 Å². The van der Waals surface area contributed by atoms with E-state index in [0.717, 1.165) is 37.1 Å². The van der Waals surface area contributed by atoms with Gasteiger partial charge in [0.05, 0.1) is 0 Å². The number of anilines is 2. The van der Waals surface area contributed by atoms with Crippen molar-refractivity contribution in [3.63, 3.8) is 0 Å². The Morgan fingerprint density at radius 3 is 1.31 bits per heavy atom. The monoisotopic (exact) mass is 352 g/mol. The Bertz CT molecular complexity index is 650. The average molecular weight is 352 g/mol. The van der Waals surface area contributed by atoms with E-state index < -0.39 is 0 Å². The molecule has 0 heterocycles. The van der Waals surface area contributed by atoms with Crippen LogP contribution in [0.5, 0.6) is 0 Å². The van der Waals surface area contributed by atoms with Crippen molar-refractivity contribution in [1.82, 2.24) is 10.6 Å². The van der Waals surface area contributed by atoms with Crippen molar-refractivity contribution in [2.75, 3.05) is 10.6 Å². The van der Waals surface area contributed by atoms with Gasteiger partial charge in [-0.1, -0.05) is 36.4 Å². The molecule has 1 fully saturated rings. The Kier molecular flexibility index (Phi) is 6.09. The Morgan fingerprint density at radius 2 is 0.962 bits per heavy atom. The lowest BCUT2D eigenvalue weighted by Crippen LogP contribution is -2.45. The van der Waals surface area contributed by atoms with Crippen LogP contribution in [0.15, 0.2) is 60.7 Å². The molecule has 0 bridgehead atoms. The maximum absolute atomic E-state index is 12.0. The molecule has 4 amide bonds. The molecule has 0 unspecified atom stereocenters. The molecule has 0 atom stereocenters. The van der Waals surface area contributed by atoms with Crippen LogP contribution in [-0.2, 0) is 0 Å².